The van der Waals surface area contributed by atoms with Crippen molar-refractivity contribution in [3.05, 3.63) is 12.4 Å². The van der Waals surface area contributed by atoms with E-state index in [4.69, 9.17) is 4.74 Å². The highest BCUT2D eigenvalue weighted by Crippen LogP contribution is 2.29. The lowest BCUT2D eigenvalue weighted by Gasteiger charge is -2.31. The van der Waals surface area contributed by atoms with E-state index in [0.29, 0.717) is 11.9 Å². The fraction of sp³-hybridized carbons (Fsp3) is 0.733. The molecule has 0 amide bonds. The van der Waals surface area contributed by atoms with Crippen LogP contribution in [0.3, 0.4) is 0 Å². The fourth-order valence-corrected chi connectivity index (χ4v) is 2.80. The smallest absolute Gasteiger partial charge is 0.218 e. The van der Waals surface area contributed by atoms with Gasteiger partial charge in [0.25, 0.3) is 0 Å². The maximum absolute atomic E-state index is 5.61. The molecule has 0 aliphatic heterocycles. The molecule has 19 heavy (non-hydrogen) atoms. The van der Waals surface area contributed by atoms with Gasteiger partial charge in [0, 0.05) is 12.1 Å². The van der Waals surface area contributed by atoms with E-state index in [9.17, 15) is 0 Å². The Morgan fingerprint density at radius 2 is 2.11 bits per heavy atom. The molecule has 106 valence electrons. The molecule has 0 aromatic carbocycles. The molecule has 1 aromatic heterocycles. The van der Waals surface area contributed by atoms with Crippen LogP contribution in [-0.4, -0.2) is 22.1 Å². The SMILES string of the molecule is CCC1CCCCC1Nc1cc(OC(C)C)ncn1. The van der Waals surface area contributed by atoms with Crippen LogP contribution in [0.2, 0.25) is 0 Å². The van der Waals surface area contributed by atoms with Crippen LogP contribution >= 0.6 is 0 Å². The molecule has 0 bridgehead atoms. The average molecular weight is 263 g/mol. The van der Waals surface area contributed by atoms with E-state index in [0.717, 1.165) is 11.7 Å². The van der Waals surface area contributed by atoms with Crippen molar-refractivity contribution in [3.63, 3.8) is 0 Å². The number of hydrogen-bond acceptors (Lipinski definition) is 4. The van der Waals surface area contributed by atoms with E-state index in [1.165, 1.54) is 32.1 Å². The molecule has 0 spiro atoms. The highest BCUT2D eigenvalue weighted by Gasteiger charge is 2.23. The van der Waals surface area contributed by atoms with Crippen molar-refractivity contribution in [2.24, 2.45) is 5.92 Å². The predicted octanol–water partition coefficient (Wildman–Crippen LogP) is 3.64. The van der Waals surface area contributed by atoms with Gasteiger partial charge in [0.15, 0.2) is 0 Å². The molecule has 1 aromatic rings. The Kier molecular flexibility index (Phi) is 5.00. The zero-order valence-corrected chi connectivity index (χ0v) is 12.2. The quantitative estimate of drug-likeness (QED) is 0.881. The minimum atomic E-state index is 0.140. The monoisotopic (exact) mass is 263 g/mol. The molecule has 4 nitrogen and oxygen atoms in total. The first-order valence-corrected chi connectivity index (χ1v) is 7.44. The number of aromatic nitrogens is 2. The Hall–Kier alpha value is -1.32. The van der Waals surface area contributed by atoms with Crippen LogP contribution in [-0.2, 0) is 0 Å². The molecule has 2 rings (SSSR count). The second kappa shape index (κ2) is 6.73. The van der Waals surface area contributed by atoms with Crippen LogP contribution in [0.25, 0.3) is 0 Å². The normalized spacial score (nSPS) is 23.4. The van der Waals surface area contributed by atoms with Crippen molar-refractivity contribution in [3.8, 4) is 5.88 Å². The number of rotatable bonds is 5. The van der Waals surface area contributed by atoms with Crippen LogP contribution in [0.1, 0.15) is 52.9 Å². The lowest BCUT2D eigenvalue weighted by Crippen LogP contribution is -2.32. The van der Waals surface area contributed by atoms with Gasteiger partial charge in [0.05, 0.1) is 6.10 Å². The van der Waals surface area contributed by atoms with E-state index in [2.05, 4.69) is 22.2 Å². The van der Waals surface area contributed by atoms with Crippen LogP contribution in [0.15, 0.2) is 12.4 Å². The summed E-state index contributed by atoms with van der Waals surface area (Å²) in [4.78, 5) is 8.45. The molecule has 1 N–H and O–H groups in total. The summed E-state index contributed by atoms with van der Waals surface area (Å²) in [6, 6.07) is 2.45. The third-order valence-electron chi connectivity index (χ3n) is 3.77. The lowest BCUT2D eigenvalue weighted by atomic mass is 9.83. The second-order valence-corrected chi connectivity index (χ2v) is 5.61. The van der Waals surface area contributed by atoms with Gasteiger partial charge in [0.2, 0.25) is 5.88 Å². The van der Waals surface area contributed by atoms with Crippen molar-refractivity contribution in [2.75, 3.05) is 5.32 Å². The Morgan fingerprint density at radius 3 is 2.84 bits per heavy atom. The van der Waals surface area contributed by atoms with E-state index in [-0.39, 0.29) is 6.10 Å². The zero-order chi connectivity index (χ0) is 13.7. The van der Waals surface area contributed by atoms with Crippen molar-refractivity contribution < 1.29 is 4.74 Å². The zero-order valence-electron chi connectivity index (χ0n) is 12.2. The summed E-state index contributed by atoms with van der Waals surface area (Å²) in [6.07, 6.45) is 8.19. The third kappa shape index (κ3) is 4.08. The minimum absolute atomic E-state index is 0.140. The maximum atomic E-state index is 5.61. The van der Waals surface area contributed by atoms with Gasteiger partial charge in [-0.15, -0.1) is 0 Å². The first-order chi connectivity index (χ1) is 9.19. The molecule has 2 unspecified atom stereocenters. The largest absolute Gasteiger partial charge is 0.475 e. The van der Waals surface area contributed by atoms with Crippen molar-refractivity contribution in [1.29, 1.82) is 0 Å². The Labute approximate surface area is 116 Å². The van der Waals surface area contributed by atoms with Gasteiger partial charge >= 0.3 is 0 Å². The summed E-state index contributed by atoms with van der Waals surface area (Å²) >= 11 is 0. The molecule has 2 atom stereocenters. The summed E-state index contributed by atoms with van der Waals surface area (Å²) in [5.41, 5.74) is 0. The Morgan fingerprint density at radius 1 is 1.32 bits per heavy atom. The Bertz CT molecular complexity index is 395. The first-order valence-electron chi connectivity index (χ1n) is 7.44. The molecule has 1 heterocycles. The topological polar surface area (TPSA) is 47.0 Å². The van der Waals surface area contributed by atoms with Crippen molar-refractivity contribution in [1.82, 2.24) is 9.97 Å². The molecule has 1 aliphatic rings. The highest BCUT2D eigenvalue weighted by atomic mass is 16.5. The molecule has 1 aliphatic carbocycles. The molecule has 1 saturated carbocycles. The van der Waals surface area contributed by atoms with E-state index >= 15 is 0 Å². The van der Waals surface area contributed by atoms with Gasteiger partial charge in [-0.05, 0) is 32.6 Å². The van der Waals surface area contributed by atoms with Gasteiger partial charge in [-0.25, -0.2) is 9.97 Å². The molecule has 0 radical (unpaired) electrons. The third-order valence-corrected chi connectivity index (χ3v) is 3.77. The molecule has 1 fully saturated rings. The standard InChI is InChI=1S/C15H25N3O/c1-4-12-7-5-6-8-13(12)18-14-9-15(17-10-16-14)19-11(2)3/h9-13H,4-8H2,1-3H3,(H,16,17,18). The van der Waals surface area contributed by atoms with Crippen LogP contribution in [0.4, 0.5) is 5.82 Å². The minimum Gasteiger partial charge on any atom is -0.475 e. The van der Waals surface area contributed by atoms with E-state index in [1.807, 2.05) is 19.9 Å². The molecular weight excluding hydrogens is 238 g/mol. The summed E-state index contributed by atoms with van der Waals surface area (Å²) in [5, 5.41) is 3.56. The highest BCUT2D eigenvalue weighted by molar-refractivity contribution is 5.38. The number of hydrogen-bond donors (Lipinski definition) is 1. The molecule has 4 heteroatoms. The summed E-state index contributed by atoms with van der Waals surface area (Å²) in [6.45, 7) is 6.28. The van der Waals surface area contributed by atoms with Gasteiger partial charge < -0.3 is 10.1 Å². The lowest BCUT2D eigenvalue weighted by molar-refractivity contribution is 0.232. The summed E-state index contributed by atoms with van der Waals surface area (Å²) < 4.78 is 5.61. The van der Waals surface area contributed by atoms with Gasteiger partial charge in [-0.3, -0.25) is 0 Å². The fourth-order valence-electron chi connectivity index (χ4n) is 2.80. The number of ether oxygens (including phenoxy) is 1. The second-order valence-electron chi connectivity index (χ2n) is 5.61. The number of nitrogens with zero attached hydrogens (tertiary/aromatic N) is 2. The molecule has 0 saturated heterocycles. The van der Waals surface area contributed by atoms with Crippen molar-refractivity contribution >= 4 is 5.82 Å². The summed E-state index contributed by atoms with van der Waals surface area (Å²) in [5.74, 6) is 2.30. The van der Waals surface area contributed by atoms with Crippen molar-refractivity contribution in [2.45, 2.75) is 65.0 Å². The van der Waals surface area contributed by atoms with Crippen LogP contribution < -0.4 is 10.1 Å². The maximum Gasteiger partial charge on any atom is 0.218 e. The molecular formula is C15H25N3O. The number of nitrogens with one attached hydrogen (secondary N) is 1. The van der Waals surface area contributed by atoms with E-state index in [1.54, 1.807) is 6.33 Å². The van der Waals surface area contributed by atoms with Gasteiger partial charge in [0.1, 0.15) is 12.1 Å². The van der Waals surface area contributed by atoms with Crippen LogP contribution in [0, 0.1) is 5.92 Å². The summed E-state index contributed by atoms with van der Waals surface area (Å²) in [7, 11) is 0. The Balaban J connectivity index is 2.01. The van der Waals surface area contributed by atoms with Gasteiger partial charge in [-0.2, -0.15) is 0 Å². The first kappa shape index (κ1) is 14.1. The van der Waals surface area contributed by atoms with E-state index < -0.39 is 0 Å². The predicted molar refractivity (Wildman–Crippen MR) is 77.5 cm³/mol. The average Bonchev–Trinajstić information content (AvgIpc) is 2.39. The van der Waals surface area contributed by atoms with Gasteiger partial charge in [-0.1, -0.05) is 26.2 Å². The number of anilines is 1. The van der Waals surface area contributed by atoms with Crippen LogP contribution in [0.5, 0.6) is 5.88 Å².